The number of ether oxygens (including phenoxy) is 1. The average molecular weight is 412 g/mol. The smallest absolute Gasteiger partial charge is 0.413 e. The van der Waals surface area contributed by atoms with Crippen LogP contribution in [0.1, 0.15) is 12.0 Å². The molecule has 0 aliphatic heterocycles. The molecule has 3 N–H and O–H groups in total. The van der Waals surface area contributed by atoms with E-state index in [-0.39, 0.29) is 12.3 Å². The van der Waals surface area contributed by atoms with Crippen LogP contribution in [0.25, 0.3) is 10.8 Å². The fourth-order valence-corrected chi connectivity index (χ4v) is 3.04. The van der Waals surface area contributed by atoms with Crippen LogP contribution in [0.3, 0.4) is 0 Å². The zero-order chi connectivity index (χ0) is 20.6. The van der Waals surface area contributed by atoms with Crippen molar-refractivity contribution in [2.24, 2.45) is 0 Å². The van der Waals surface area contributed by atoms with Crippen molar-refractivity contribution in [1.29, 1.82) is 0 Å². The predicted octanol–water partition coefficient (Wildman–Crippen LogP) is 4.29. The number of anilines is 1. The number of carbonyl (C=O) groups is 2. The van der Waals surface area contributed by atoms with Gasteiger partial charge < -0.3 is 10.1 Å². The fraction of sp³-hybridized carbons (Fsp3) is 0.182. The van der Waals surface area contributed by atoms with Crippen molar-refractivity contribution in [1.82, 2.24) is 10.6 Å². The first-order valence-electron chi connectivity index (χ1n) is 9.19. The molecular weight excluding hydrogens is 390 g/mol. The Labute approximate surface area is 174 Å². The molecule has 0 saturated heterocycles. The third-order valence-electron chi connectivity index (χ3n) is 4.37. The second kappa shape index (κ2) is 9.91. The normalized spacial score (nSPS) is 11.7. The maximum absolute atomic E-state index is 12.4. The minimum absolute atomic E-state index is 0.0217. The molecule has 1 unspecified atom stereocenters. The van der Waals surface area contributed by atoms with Gasteiger partial charge in [0.1, 0.15) is 0 Å². The summed E-state index contributed by atoms with van der Waals surface area (Å²) in [5.41, 5.74) is 1.45. The number of halogens is 1. The number of rotatable bonds is 7. The van der Waals surface area contributed by atoms with Crippen LogP contribution in [0.2, 0.25) is 5.02 Å². The fourth-order valence-electron chi connectivity index (χ4n) is 2.84. The van der Waals surface area contributed by atoms with Gasteiger partial charge in [0.25, 0.3) is 0 Å². The molecular formula is C22H22ClN3O3. The molecule has 0 bridgehead atoms. The van der Waals surface area contributed by atoms with Gasteiger partial charge in [0.15, 0.2) is 6.23 Å². The molecule has 0 spiro atoms. The Morgan fingerprint density at radius 1 is 1.00 bits per heavy atom. The summed E-state index contributed by atoms with van der Waals surface area (Å²) in [5.74, 6) is -0.250. The predicted molar refractivity (Wildman–Crippen MR) is 115 cm³/mol. The maximum Gasteiger partial charge on any atom is 0.413 e. The van der Waals surface area contributed by atoms with Gasteiger partial charge in [0, 0.05) is 24.3 Å². The largest absolute Gasteiger partial charge is 0.430 e. The quantitative estimate of drug-likeness (QED) is 0.506. The molecule has 0 aromatic heterocycles. The molecule has 0 fully saturated rings. The second-order valence-electron chi connectivity index (χ2n) is 6.43. The van der Waals surface area contributed by atoms with Crippen molar-refractivity contribution < 1.29 is 14.3 Å². The van der Waals surface area contributed by atoms with Gasteiger partial charge in [-0.2, -0.15) is 0 Å². The lowest BCUT2D eigenvalue weighted by Gasteiger charge is -2.19. The Bertz CT molecular complexity index is 1010. The average Bonchev–Trinajstić information content (AvgIpc) is 2.72. The van der Waals surface area contributed by atoms with E-state index in [1.54, 1.807) is 12.1 Å². The molecule has 0 aliphatic carbocycles. The van der Waals surface area contributed by atoms with Gasteiger partial charge in [0.2, 0.25) is 5.91 Å². The van der Waals surface area contributed by atoms with Gasteiger partial charge in [-0.25, -0.2) is 4.79 Å². The third-order valence-corrected chi connectivity index (χ3v) is 4.74. The number of amides is 2. The highest BCUT2D eigenvalue weighted by atomic mass is 35.5. The van der Waals surface area contributed by atoms with Gasteiger partial charge in [-0.05, 0) is 34.5 Å². The van der Waals surface area contributed by atoms with Crippen molar-refractivity contribution in [3.8, 4) is 0 Å². The number of fused-ring (bicyclic) bond motifs is 1. The SMILES string of the molecule is CNC(=O)CC(NCc1ccccc1Cl)OC(=O)Nc1ccc2ccccc2c1. The molecule has 0 aliphatic rings. The van der Waals surface area contributed by atoms with Crippen LogP contribution in [0.5, 0.6) is 0 Å². The van der Waals surface area contributed by atoms with Crippen LogP contribution in [0.15, 0.2) is 66.7 Å². The summed E-state index contributed by atoms with van der Waals surface area (Å²) in [6.07, 6.45) is -1.49. The number of carbonyl (C=O) groups excluding carboxylic acids is 2. The molecule has 3 rings (SSSR count). The number of hydrogen-bond acceptors (Lipinski definition) is 4. The van der Waals surface area contributed by atoms with Crippen molar-refractivity contribution in [2.45, 2.75) is 19.2 Å². The highest BCUT2D eigenvalue weighted by molar-refractivity contribution is 6.31. The topological polar surface area (TPSA) is 79.5 Å². The molecule has 7 heteroatoms. The van der Waals surface area contributed by atoms with Crippen molar-refractivity contribution in [3.05, 3.63) is 77.3 Å². The summed E-state index contributed by atoms with van der Waals surface area (Å²) in [6, 6.07) is 20.8. The molecule has 0 radical (unpaired) electrons. The number of nitrogens with one attached hydrogen (secondary N) is 3. The Kier molecular flexibility index (Phi) is 7.05. The lowest BCUT2D eigenvalue weighted by atomic mass is 10.1. The van der Waals surface area contributed by atoms with E-state index >= 15 is 0 Å². The second-order valence-corrected chi connectivity index (χ2v) is 6.84. The van der Waals surface area contributed by atoms with E-state index in [4.69, 9.17) is 16.3 Å². The van der Waals surface area contributed by atoms with Crippen LogP contribution < -0.4 is 16.0 Å². The first kappa shape index (κ1) is 20.6. The molecule has 1 atom stereocenters. The first-order valence-corrected chi connectivity index (χ1v) is 9.57. The summed E-state index contributed by atoms with van der Waals surface area (Å²) in [4.78, 5) is 24.2. The first-order chi connectivity index (χ1) is 14.0. The van der Waals surface area contributed by atoms with Gasteiger partial charge in [-0.15, -0.1) is 0 Å². The highest BCUT2D eigenvalue weighted by Gasteiger charge is 2.18. The summed E-state index contributed by atoms with van der Waals surface area (Å²) in [5, 5.41) is 11.0. The summed E-state index contributed by atoms with van der Waals surface area (Å²) >= 11 is 6.16. The van der Waals surface area contributed by atoms with E-state index in [0.717, 1.165) is 16.3 Å². The standard InChI is InChI=1S/C22H22ClN3O3/c1-24-20(27)13-21(25-14-17-8-4-5-9-19(17)23)29-22(28)26-18-11-10-15-6-2-3-7-16(15)12-18/h2-12,21,25H,13-14H2,1H3,(H,24,27)(H,26,28). The molecule has 29 heavy (non-hydrogen) atoms. The zero-order valence-corrected chi connectivity index (χ0v) is 16.7. The van der Waals surface area contributed by atoms with Crippen LogP contribution in [-0.2, 0) is 16.1 Å². The van der Waals surface area contributed by atoms with Crippen LogP contribution in [-0.4, -0.2) is 25.3 Å². The van der Waals surface area contributed by atoms with E-state index in [2.05, 4.69) is 16.0 Å². The van der Waals surface area contributed by atoms with E-state index in [1.807, 2.05) is 54.6 Å². The summed E-state index contributed by atoms with van der Waals surface area (Å²) in [7, 11) is 1.53. The number of hydrogen-bond donors (Lipinski definition) is 3. The van der Waals surface area contributed by atoms with E-state index in [0.29, 0.717) is 17.3 Å². The zero-order valence-electron chi connectivity index (χ0n) is 15.9. The van der Waals surface area contributed by atoms with Gasteiger partial charge in [-0.3, -0.25) is 15.4 Å². The minimum atomic E-state index is -0.813. The Morgan fingerprint density at radius 2 is 1.72 bits per heavy atom. The van der Waals surface area contributed by atoms with Gasteiger partial charge in [-0.1, -0.05) is 60.1 Å². The monoisotopic (exact) mass is 411 g/mol. The highest BCUT2D eigenvalue weighted by Crippen LogP contribution is 2.19. The summed E-state index contributed by atoms with van der Waals surface area (Å²) < 4.78 is 5.44. The van der Waals surface area contributed by atoms with Gasteiger partial charge >= 0.3 is 6.09 Å². The Balaban J connectivity index is 1.64. The summed E-state index contributed by atoms with van der Waals surface area (Å²) in [6.45, 7) is 0.352. The molecule has 6 nitrogen and oxygen atoms in total. The third kappa shape index (κ3) is 5.94. The molecule has 3 aromatic rings. The van der Waals surface area contributed by atoms with Crippen LogP contribution >= 0.6 is 11.6 Å². The lowest BCUT2D eigenvalue weighted by molar-refractivity contribution is -0.122. The molecule has 2 amide bonds. The number of benzene rings is 3. The maximum atomic E-state index is 12.4. The van der Waals surface area contributed by atoms with E-state index in [9.17, 15) is 9.59 Å². The Hall–Kier alpha value is -3.09. The molecule has 3 aromatic carbocycles. The van der Waals surface area contributed by atoms with Crippen molar-refractivity contribution in [3.63, 3.8) is 0 Å². The lowest BCUT2D eigenvalue weighted by Crippen LogP contribution is -2.39. The van der Waals surface area contributed by atoms with Gasteiger partial charge in [0.05, 0.1) is 6.42 Å². The van der Waals surface area contributed by atoms with Crippen LogP contribution in [0.4, 0.5) is 10.5 Å². The minimum Gasteiger partial charge on any atom is -0.430 e. The molecule has 150 valence electrons. The van der Waals surface area contributed by atoms with Crippen LogP contribution in [0, 0.1) is 0 Å². The Morgan fingerprint density at radius 3 is 2.48 bits per heavy atom. The van der Waals surface area contributed by atoms with E-state index < -0.39 is 12.3 Å². The van der Waals surface area contributed by atoms with Crippen molar-refractivity contribution in [2.75, 3.05) is 12.4 Å². The van der Waals surface area contributed by atoms with E-state index in [1.165, 1.54) is 7.05 Å². The van der Waals surface area contributed by atoms with Crippen molar-refractivity contribution >= 4 is 40.1 Å². The molecule has 0 heterocycles. The molecule has 0 saturated carbocycles.